The van der Waals surface area contributed by atoms with E-state index in [1.165, 1.54) is 19.2 Å². The number of carbonyl (C=O) groups is 1. The molecule has 0 spiro atoms. The van der Waals surface area contributed by atoms with E-state index in [1.54, 1.807) is 6.07 Å². The first-order valence-corrected chi connectivity index (χ1v) is 10.4. The summed E-state index contributed by atoms with van der Waals surface area (Å²) >= 11 is 0. The van der Waals surface area contributed by atoms with Crippen molar-refractivity contribution >= 4 is 5.97 Å². The Bertz CT molecular complexity index is 804. The number of methoxy groups -OCH3 is 1. The Morgan fingerprint density at radius 3 is 2.60 bits per heavy atom. The largest absolute Gasteiger partial charge is 0.496 e. The van der Waals surface area contributed by atoms with Crippen LogP contribution in [0.15, 0.2) is 48.5 Å². The van der Waals surface area contributed by atoms with Crippen molar-refractivity contribution in [2.24, 2.45) is 0 Å². The molecule has 2 aromatic rings. The summed E-state index contributed by atoms with van der Waals surface area (Å²) in [5, 5.41) is 0. The van der Waals surface area contributed by atoms with Gasteiger partial charge < -0.3 is 18.9 Å². The van der Waals surface area contributed by atoms with Crippen molar-refractivity contribution in [1.29, 1.82) is 0 Å². The zero-order valence-electron chi connectivity index (χ0n) is 17.5. The molecule has 1 aliphatic rings. The molecule has 162 valence electrons. The van der Waals surface area contributed by atoms with Gasteiger partial charge in [0.1, 0.15) is 24.3 Å². The summed E-state index contributed by atoms with van der Waals surface area (Å²) in [6.07, 6.45) is 1.99. The molecule has 0 unspecified atom stereocenters. The maximum absolute atomic E-state index is 13.9. The molecule has 30 heavy (non-hydrogen) atoms. The first-order chi connectivity index (χ1) is 14.6. The number of ether oxygens (including phenoxy) is 4. The van der Waals surface area contributed by atoms with Gasteiger partial charge in [-0.05, 0) is 30.2 Å². The number of hydrogen-bond acceptors (Lipinski definition) is 5. The average molecular weight is 416 g/mol. The molecule has 0 amide bonds. The molecule has 0 saturated heterocycles. The molecule has 1 atom stereocenters. The Labute approximate surface area is 177 Å². The van der Waals surface area contributed by atoms with Gasteiger partial charge in [0.25, 0.3) is 0 Å². The Hall–Kier alpha value is -2.44. The Kier molecular flexibility index (Phi) is 8.22. The monoisotopic (exact) mass is 416 g/mol. The molecule has 1 fully saturated rings. The van der Waals surface area contributed by atoms with Crippen molar-refractivity contribution in [3.8, 4) is 5.75 Å². The molecular weight excluding hydrogens is 387 g/mol. The van der Waals surface area contributed by atoms with Crippen molar-refractivity contribution in [3.63, 3.8) is 0 Å². The molecule has 1 aliphatic carbocycles. The summed E-state index contributed by atoms with van der Waals surface area (Å²) in [7, 11) is 1.52. The summed E-state index contributed by atoms with van der Waals surface area (Å²) in [5.74, 6) is -0.180. The van der Waals surface area contributed by atoms with Gasteiger partial charge in [-0.2, -0.15) is 0 Å². The quantitative estimate of drug-likeness (QED) is 0.484. The van der Waals surface area contributed by atoms with Gasteiger partial charge in [-0.1, -0.05) is 37.3 Å². The summed E-state index contributed by atoms with van der Waals surface area (Å²) in [6, 6.07) is 14.3. The lowest BCUT2D eigenvalue weighted by Crippen LogP contribution is -2.39. The van der Waals surface area contributed by atoms with E-state index in [1.807, 2.05) is 37.3 Å². The first kappa shape index (κ1) is 22.2. The molecule has 0 aromatic heterocycles. The molecule has 2 aromatic carbocycles. The van der Waals surface area contributed by atoms with E-state index in [0.29, 0.717) is 30.8 Å². The van der Waals surface area contributed by atoms with Gasteiger partial charge in [0, 0.05) is 24.8 Å². The highest BCUT2D eigenvalue weighted by Gasteiger charge is 2.34. The molecule has 0 heterocycles. The SMILES string of the molecule is CCCC(=O)OC[C@H](OC1CC(OCc2ccccc2)C1)c1cc(F)ccc1OC. The first-order valence-electron chi connectivity index (χ1n) is 10.4. The standard InChI is InChI=1S/C24H29FO5/c1-3-7-24(26)29-16-23(21-12-18(25)10-11-22(21)27-2)30-20-13-19(14-20)28-15-17-8-5-4-6-9-17/h4-6,8-12,19-20,23H,3,7,13-16H2,1-2H3/t19?,20?,23-/m0/s1. The van der Waals surface area contributed by atoms with E-state index < -0.39 is 11.9 Å². The van der Waals surface area contributed by atoms with E-state index in [0.717, 1.165) is 18.4 Å². The van der Waals surface area contributed by atoms with Crippen LogP contribution in [-0.4, -0.2) is 31.9 Å². The third-order valence-electron chi connectivity index (χ3n) is 5.13. The van der Waals surface area contributed by atoms with Crippen molar-refractivity contribution in [2.45, 2.75) is 57.5 Å². The Balaban J connectivity index is 1.58. The second kappa shape index (κ2) is 11.1. The minimum absolute atomic E-state index is 0.0185. The van der Waals surface area contributed by atoms with Gasteiger partial charge in [-0.15, -0.1) is 0 Å². The maximum atomic E-state index is 13.9. The number of hydrogen-bond donors (Lipinski definition) is 0. The van der Waals surface area contributed by atoms with Crippen LogP contribution >= 0.6 is 0 Å². The summed E-state index contributed by atoms with van der Waals surface area (Å²) in [4.78, 5) is 11.8. The third kappa shape index (κ3) is 6.28. The zero-order chi connectivity index (χ0) is 21.3. The fourth-order valence-corrected chi connectivity index (χ4v) is 3.39. The average Bonchev–Trinajstić information content (AvgIpc) is 2.72. The third-order valence-corrected chi connectivity index (χ3v) is 5.13. The summed E-state index contributed by atoms with van der Waals surface area (Å²) in [6.45, 7) is 2.49. The van der Waals surface area contributed by atoms with Crippen molar-refractivity contribution in [3.05, 3.63) is 65.5 Å². The number of rotatable bonds is 11. The maximum Gasteiger partial charge on any atom is 0.305 e. The summed E-state index contributed by atoms with van der Waals surface area (Å²) in [5.41, 5.74) is 1.67. The van der Waals surface area contributed by atoms with Gasteiger partial charge in [0.2, 0.25) is 0 Å². The second-order valence-corrected chi connectivity index (χ2v) is 7.46. The second-order valence-electron chi connectivity index (χ2n) is 7.46. The van der Waals surface area contributed by atoms with E-state index >= 15 is 0 Å². The van der Waals surface area contributed by atoms with Crippen LogP contribution in [0.2, 0.25) is 0 Å². The number of benzene rings is 2. The lowest BCUT2D eigenvalue weighted by molar-refractivity contribution is -0.161. The minimum atomic E-state index is -0.600. The summed E-state index contributed by atoms with van der Waals surface area (Å²) < 4.78 is 36.7. The fraction of sp³-hybridized carbons (Fsp3) is 0.458. The van der Waals surface area contributed by atoms with Crippen LogP contribution in [0.25, 0.3) is 0 Å². The molecule has 6 heteroatoms. The predicted octanol–water partition coefficient (Wildman–Crippen LogP) is 4.98. The smallest absolute Gasteiger partial charge is 0.305 e. The zero-order valence-corrected chi connectivity index (χ0v) is 17.5. The van der Waals surface area contributed by atoms with Crippen molar-refractivity contribution in [1.82, 2.24) is 0 Å². The molecule has 0 aliphatic heterocycles. The van der Waals surface area contributed by atoms with Crippen LogP contribution in [0.1, 0.15) is 49.8 Å². The van der Waals surface area contributed by atoms with Gasteiger partial charge in [-0.3, -0.25) is 4.79 Å². The van der Waals surface area contributed by atoms with Gasteiger partial charge in [-0.25, -0.2) is 4.39 Å². The Morgan fingerprint density at radius 2 is 1.90 bits per heavy atom. The van der Waals surface area contributed by atoms with Crippen LogP contribution in [0.3, 0.4) is 0 Å². The molecule has 0 bridgehead atoms. The molecule has 1 saturated carbocycles. The normalized spacial score (nSPS) is 19.0. The van der Waals surface area contributed by atoms with Crippen LogP contribution in [0.4, 0.5) is 4.39 Å². The van der Waals surface area contributed by atoms with E-state index in [9.17, 15) is 9.18 Å². The lowest BCUT2D eigenvalue weighted by atomic mass is 9.91. The highest BCUT2D eigenvalue weighted by Crippen LogP contribution is 2.35. The number of esters is 1. The van der Waals surface area contributed by atoms with Crippen LogP contribution in [0, 0.1) is 5.82 Å². The molecule has 5 nitrogen and oxygen atoms in total. The van der Waals surface area contributed by atoms with Gasteiger partial charge >= 0.3 is 5.97 Å². The topological polar surface area (TPSA) is 54.0 Å². The van der Waals surface area contributed by atoms with Crippen LogP contribution < -0.4 is 4.74 Å². The highest BCUT2D eigenvalue weighted by atomic mass is 19.1. The van der Waals surface area contributed by atoms with E-state index in [-0.39, 0.29) is 24.8 Å². The number of halogens is 1. The van der Waals surface area contributed by atoms with Gasteiger partial charge in [0.05, 0.1) is 25.9 Å². The molecule has 0 radical (unpaired) electrons. The van der Waals surface area contributed by atoms with Gasteiger partial charge in [0.15, 0.2) is 0 Å². The lowest BCUT2D eigenvalue weighted by Gasteiger charge is -2.37. The Morgan fingerprint density at radius 1 is 1.13 bits per heavy atom. The minimum Gasteiger partial charge on any atom is -0.496 e. The van der Waals surface area contributed by atoms with Crippen LogP contribution in [-0.2, 0) is 25.6 Å². The predicted molar refractivity (Wildman–Crippen MR) is 111 cm³/mol. The molecule has 3 rings (SSSR count). The van der Waals surface area contributed by atoms with E-state index in [2.05, 4.69) is 0 Å². The van der Waals surface area contributed by atoms with E-state index in [4.69, 9.17) is 18.9 Å². The molecular formula is C24H29FO5. The van der Waals surface area contributed by atoms with Crippen molar-refractivity contribution < 1.29 is 28.1 Å². The molecule has 0 N–H and O–H groups in total. The number of carbonyl (C=O) groups excluding carboxylic acids is 1. The fourth-order valence-electron chi connectivity index (χ4n) is 3.39. The van der Waals surface area contributed by atoms with Crippen molar-refractivity contribution in [2.75, 3.05) is 13.7 Å². The highest BCUT2D eigenvalue weighted by molar-refractivity contribution is 5.69. The van der Waals surface area contributed by atoms with Crippen LogP contribution in [0.5, 0.6) is 5.75 Å².